The highest BCUT2D eigenvalue weighted by atomic mass is 16.6. The summed E-state index contributed by atoms with van der Waals surface area (Å²) in [4.78, 5) is 12.0. The molecule has 0 saturated carbocycles. The van der Waals surface area contributed by atoms with Gasteiger partial charge < -0.3 is 14.8 Å². The predicted molar refractivity (Wildman–Crippen MR) is 82.7 cm³/mol. The lowest BCUT2D eigenvalue weighted by molar-refractivity contribution is 0.0222. The molecule has 0 aliphatic carbocycles. The van der Waals surface area contributed by atoms with Crippen molar-refractivity contribution in [2.45, 2.75) is 58.3 Å². The Morgan fingerprint density at radius 3 is 2.73 bits per heavy atom. The number of hydrogen-bond acceptors (Lipinski definition) is 4. The molecule has 0 radical (unpaired) electrons. The topological polar surface area (TPSA) is 71.3 Å². The molecule has 0 bridgehead atoms. The van der Waals surface area contributed by atoms with E-state index in [4.69, 9.17) is 14.7 Å². The van der Waals surface area contributed by atoms with Crippen LogP contribution in [0.2, 0.25) is 0 Å². The molecule has 1 amide bonds. The number of nitrogens with zero attached hydrogens (tertiary/aromatic N) is 1. The Labute approximate surface area is 131 Å². The van der Waals surface area contributed by atoms with Crippen molar-refractivity contribution in [1.29, 1.82) is 5.26 Å². The second-order valence-electron chi connectivity index (χ2n) is 7.04. The lowest BCUT2D eigenvalue weighted by atomic mass is 9.88. The van der Waals surface area contributed by atoms with E-state index >= 15 is 0 Å². The van der Waals surface area contributed by atoms with Gasteiger partial charge in [-0.3, -0.25) is 0 Å². The highest BCUT2D eigenvalue weighted by Gasteiger charge is 2.38. The third-order valence-corrected chi connectivity index (χ3v) is 3.52. The lowest BCUT2D eigenvalue weighted by Gasteiger charge is -2.40. The zero-order chi connectivity index (χ0) is 16.5. The Hall–Kier alpha value is -2.22. The number of hydrogen-bond donors (Lipinski definition) is 1. The Morgan fingerprint density at radius 1 is 1.45 bits per heavy atom. The number of carbonyl (C=O) groups excluding carboxylic acids is 1. The van der Waals surface area contributed by atoms with Crippen LogP contribution in [0.15, 0.2) is 18.2 Å². The maximum absolute atomic E-state index is 12.0. The monoisotopic (exact) mass is 302 g/mol. The fraction of sp³-hybridized carbons (Fsp3) is 0.529. The lowest BCUT2D eigenvalue weighted by Crippen LogP contribution is -2.56. The molecular formula is C17H22N2O3. The number of nitriles is 1. The number of amides is 1. The van der Waals surface area contributed by atoms with E-state index in [1.807, 2.05) is 34.6 Å². The molecule has 1 N–H and O–H groups in total. The summed E-state index contributed by atoms with van der Waals surface area (Å²) in [6.07, 6.45) is 0.131. The second kappa shape index (κ2) is 5.53. The van der Waals surface area contributed by atoms with Gasteiger partial charge in [-0.15, -0.1) is 0 Å². The third-order valence-electron chi connectivity index (χ3n) is 3.52. The first kappa shape index (κ1) is 16.2. The summed E-state index contributed by atoms with van der Waals surface area (Å²) in [5.74, 6) is 0.756. The van der Waals surface area contributed by atoms with Gasteiger partial charge in [0.2, 0.25) is 0 Å². The summed E-state index contributed by atoms with van der Waals surface area (Å²) in [5, 5.41) is 11.9. The molecule has 0 unspecified atom stereocenters. The zero-order valence-corrected chi connectivity index (χ0v) is 13.7. The molecule has 5 heteroatoms. The Morgan fingerprint density at radius 2 is 2.14 bits per heavy atom. The van der Waals surface area contributed by atoms with Crippen molar-refractivity contribution in [3.8, 4) is 11.8 Å². The minimum atomic E-state index is -0.557. The number of fused-ring (bicyclic) bond motifs is 1. The van der Waals surface area contributed by atoms with Crippen molar-refractivity contribution >= 4 is 6.09 Å². The standard InChI is InChI=1S/C17H22N2O3/c1-16(2,3)22-15(20)19-14-9-12-8-11(10-18)6-7-13(12)21-17(14,4)5/h6-8,14H,9H2,1-5H3,(H,19,20)/t14-/m1/s1. The molecule has 0 saturated heterocycles. The highest BCUT2D eigenvalue weighted by Crippen LogP contribution is 2.34. The molecule has 1 aliphatic heterocycles. The normalized spacial score (nSPS) is 19.4. The molecule has 1 aromatic carbocycles. The molecule has 1 heterocycles. The highest BCUT2D eigenvalue weighted by molar-refractivity contribution is 5.68. The molecular weight excluding hydrogens is 280 g/mol. The van der Waals surface area contributed by atoms with Crippen molar-refractivity contribution in [3.05, 3.63) is 29.3 Å². The fourth-order valence-corrected chi connectivity index (χ4v) is 2.40. The van der Waals surface area contributed by atoms with E-state index in [1.165, 1.54) is 0 Å². The van der Waals surface area contributed by atoms with Gasteiger partial charge in [0.1, 0.15) is 17.0 Å². The first-order chi connectivity index (χ1) is 10.1. The van der Waals surface area contributed by atoms with Crippen LogP contribution in [-0.4, -0.2) is 23.3 Å². The summed E-state index contributed by atoms with van der Waals surface area (Å²) in [5.41, 5.74) is 0.394. The third kappa shape index (κ3) is 3.70. The van der Waals surface area contributed by atoms with Gasteiger partial charge in [-0.05, 0) is 58.4 Å². The first-order valence-electron chi connectivity index (χ1n) is 7.32. The second-order valence-corrected chi connectivity index (χ2v) is 7.04. The van der Waals surface area contributed by atoms with Crippen molar-refractivity contribution < 1.29 is 14.3 Å². The Kier molecular flexibility index (Phi) is 4.06. The van der Waals surface area contributed by atoms with E-state index in [-0.39, 0.29) is 6.04 Å². The predicted octanol–water partition coefficient (Wildman–Crippen LogP) is 3.17. The van der Waals surface area contributed by atoms with Crippen LogP contribution in [0.3, 0.4) is 0 Å². The SMILES string of the molecule is CC(C)(C)OC(=O)N[C@@H]1Cc2cc(C#N)ccc2OC1(C)C. The van der Waals surface area contributed by atoms with E-state index in [0.29, 0.717) is 12.0 Å². The average molecular weight is 302 g/mol. The van der Waals surface area contributed by atoms with Crippen LogP contribution in [0.5, 0.6) is 5.75 Å². The van der Waals surface area contributed by atoms with Crippen LogP contribution in [0.4, 0.5) is 4.79 Å². The van der Waals surface area contributed by atoms with Gasteiger partial charge in [0.25, 0.3) is 0 Å². The summed E-state index contributed by atoms with van der Waals surface area (Å²) >= 11 is 0. The largest absolute Gasteiger partial charge is 0.485 e. The van der Waals surface area contributed by atoms with Gasteiger partial charge in [-0.1, -0.05) is 0 Å². The fourth-order valence-electron chi connectivity index (χ4n) is 2.40. The van der Waals surface area contributed by atoms with E-state index in [0.717, 1.165) is 11.3 Å². The van der Waals surface area contributed by atoms with Crippen LogP contribution in [-0.2, 0) is 11.2 Å². The minimum absolute atomic E-state index is 0.233. The maximum Gasteiger partial charge on any atom is 0.408 e. The zero-order valence-electron chi connectivity index (χ0n) is 13.7. The van der Waals surface area contributed by atoms with Crippen molar-refractivity contribution in [2.24, 2.45) is 0 Å². The summed E-state index contributed by atoms with van der Waals surface area (Å²) in [6.45, 7) is 9.32. The van der Waals surface area contributed by atoms with Gasteiger partial charge in [0.15, 0.2) is 0 Å². The number of benzene rings is 1. The van der Waals surface area contributed by atoms with Crippen LogP contribution >= 0.6 is 0 Å². The quantitative estimate of drug-likeness (QED) is 0.865. The molecule has 0 aromatic heterocycles. The molecule has 118 valence electrons. The van der Waals surface area contributed by atoms with E-state index in [1.54, 1.807) is 18.2 Å². The van der Waals surface area contributed by atoms with E-state index < -0.39 is 17.3 Å². The van der Waals surface area contributed by atoms with Crippen LogP contribution in [0.1, 0.15) is 45.7 Å². The van der Waals surface area contributed by atoms with Crippen LogP contribution in [0.25, 0.3) is 0 Å². The van der Waals surface area contributed by atoms with Gasteiger partial charge >= 0.3 is 6.09 Å². The van der Waals surface area contributed by atoms with Gasteiger partial charge in [0, 0.05) is 6.42 Å². The number of carbonyl (C=O) groups is 1. The summed E-state index contributed by atoms with van der Waals surface area (Å²) in [6, 6.07) is 7.22. The van der Waals surface area contributed by atoms with Crippen molar-refractivity contribution in [2.75, 3.05) is 0 Å². The molecule has 5 nitrogen and oxygen atoms in total. The van der Waals surface area contributed by atoms with Crippen molar-refractivity contribution in [1.82, 2.24) is 5.32 Å². The van der Waals surface area contributed by atoms with Crippen LogP contribution in [0, 0.1) is 11.3 Å². The summed E-state index contributed by atoms with van der Waals surface area (Å²) in [7, 11) is 0. The van der Waals surface area contributed by atoms with Gasteiger partial charge in [0.05, 0.1) is 17.7 Å². The Balaban J connectivity index is 2.18. The molecule has 1 atom stereocenters. The Bertz CT molecular complexity index is 624. The molecule has 0 fully saturated rings. The van der Waals surface area contributed by atoms with Crippen molar-refractivity contribution in [3.63, 3.8) is 0 Å². The average Bonchev–Trinajstić information content (AvgIpc) is 2.36. The molecule has 1 aliphatic rings. The number of alkyl carbamates (subject to hydrolysis) is 1. The molecule has 1 aromatic rings. The van der Waals surface area contributed by atoms with Gasteiger partial charge in [-0.2, -0.15) is 5.26 Å². The minimum Gasteiger partial charge on any atom is -0.485 e. The van der Waals surface area contributed by atoms with Gasteiger partial charge in [-0.25, -0.2) is 4.79 Å². The molecule has 22 heavy (non-hydrogen) atoms. The maximum atomic E-state index is 12.0. The number of ether oxygens (including phenoxy) is 2. The summed E-state index contributed by atoms with van der Waals surface area (Å²) < 4.78 is 11.3. The molecule has 0 spiro atoms. The number of rotatable bonds is 1. The first-order valence-corrected chi connectivity index (χ1v) is 7.32. The number of nitrogens with one attached hydrogen (secondary N) is 1. The smallest absolute Gasteiger partial charge is 0.408 e. The van der Waals surface area contributed by atoms with E-state index in [9.17, 15) is 4.79 Å². The van der Waals surface area contributed by atoms with E-state index in [2.05, 4.69) is 11.4 Å². The molecule has 2 rings (SSSR count). The van der Waals surface area contributed by atoms with Crippen LogP contribution < -0.4 is 10.1 Å².